The van der Waals surface area contributed by atoms with Crippen molar-refractivity contribution in [3.63, 3.8) is 0 Å². The van der Waals surface area contributed by atoms with Gasteiger partial charge in [0.05, 0.1) is 6.54 Å². The molecule has 0 atom stereocenters. The first kappa shape index (κ1) is 19.9. The van der Waals surface area contributed by atoms with E-state index in [9.17, 15) is 14.0 Å². The Morgan fingerprint density at radius 3 is 2.43 bits per heavy atom. The van der Waals surface area contributed by atoms with Crippen LogP contribution in [0.15, 0.2) is 58.1 Å². The van der Waals surface area contributed by atoms with Crippen molar-refractivity contribution in [2.75, 3.05) is 5.32 Å². The van der Waals surface area contributed by atoms with E-state index < -0.39 is 11.2 Å². The van der Waals surface area contributed by atoms with E-state index in [1.165, 1.54) is 17.7 Å². The van der Waals surface area contributed by atoms with Crippen molar-refractivity contribution in [1.82, 2.24) is 18.7 Å². The Kier molecular flexibility index (Phi) is 5.17. The summed E-state index contributed by atoms with van der Waals surface area (Å²) in [6, 6.07) is 13.6. The molecule has 0 radical (unpaired) electrons. The zero-order chi connectivity index (χ0) is 21.4. The number of anilines is 1. The molecule has 0 amide bonds. The Bertz CT molecular complexity index is 1360. The maximum atomic E-state index is 14.3. The van der Waals surface area contributed by atoms with Crippen LogP contribution >= 0.6 is 11.6 Å². The molecular weight excluding hydrogens is 409 g/mol. The van der Waals surface area contributed by atoms with Crippen LogP contribution in [0.4, 0.5) is 10.3 Å². The number of rotatable bonds is 5. The number of nitrogens with one attached hydrogen (secondary N) is 1. The minimum absolute atomic E-state index is 0.0829. The fourth-order valence-corrected chi connectivity index (χ4v) is 3.44. The van der Waals surface area contributed by atoms with E-state index in [2.05, 4.69) is 10.3 Å². The lowest BCUT2D eigenvalue weighted by atomic mass is 10.2. The van der Waals surface area contributed by atoms with Crippen LogP contribution in [0.25, 0.3) is 11.2 Å². The van der Waals surface area contributed by atoms with E-state index in [-0.39, 0.29) is 23.5 Å². The zero-order valence-corrected chi connectivity index (χ0v) is 17.2. The van der Waals surface area contributed by atoms with Crippen molar-refractivity contribution in [2.45, 2.75) is 13.1 Å². The van der Waals surface area contributed by atoms with Gasteiger partial charge in [-0.15, -0.1) is 0 Å². The number of aryl methyl sites for hydroxylation is 1. The normalized spacial score (nSPS) is 11.2. The molecule has 1 N–H and O–H groups in total. The first-order valence-corrected chi connectivity index (χ1v) is 9.62. The van der Waals surface area contributed by atoms with Gasteiger partial charge in [0.2, 0.25) is 5.95 Å². The average molecular weight is 428 g/mol. The fraction of sp³-hybridized carbons (Fsp3) is 0.190. The summed E-state index contributed by atoms with van der Waals surface area (Å²) in [5.41, 5.74) is 0.844. The summed E-state index contributed by atoms with van der Waals surface area (Å²) in [5.74, 6) is -0.0221. The molecule has 0 fully saturated rings. The molecule has 9 heteroatoms. The molecule has 0 bridgehead atoms. The molecular formula is C21H19ClFN5O2. The molecule has 0 aliphatic carbocycles. The van der Waals surface area contributed by atoms with Gasteiger partial charge in [-0.25, -0.2) is 9.18 Å². The van der Waals surface area contributed by atoms with Gasteiger partial charge in [-0.1, -0.05) is 41.9 Å². The summed E-state index contributed by atoms with van der Waals surface area (Å²) >= 11 is 5.94. The van der Waals surface area contributed by atoms with Gasteiger partial charge in [0.1, 0.15) is 5.82 Å². The van der Waals surface area contributed by atoms with E-state index in [1.807, 2.05) is 12.1 Å². The van der Waals surface area contributed by atoms with Crippen LogP contribution in [0.1, 0.15) is 11.1 Å². The maximum absolute atomic E-state index is 14.3. The second-order valence-electron chi connectivity index (χ2n) is 6.97. The molecule has 0 spiro atoms. The van der Waals surface area contributed by atoms with Crippen molar-refractivity contribution >= 4 is 28.7 Å². The second-order valence-corrected chi connectivity index (χ2v) is 7.41. The largest absolute Gasteiger partial charge is 0.351 e. The van der Waals surface area contributed by atoms with E-state index >= 15 is 0 Å². The number of hydrogen-bond donors (Lipinski definition) is 1. The number of benzene rings is 2. The second kappa shape index (κ2) is 7.79. The van der Waals surface area contributed by atoms with Crippen LogP contribution in [0.5, 0.6) is 0 Å². The van der Waals surface area contributed by atoms with Crippen molar-refractivity contribution in [1.29, 1.82) is 0 Å². The van der Waals surface area contributed by atoms with Crippen molar-refractivity contribution < 1.29 is 4.39 Å². The van der Waals surface area contributed by atoms with Crippen LogP contribution in [0.2, 0.25) is 5.02 Å². The van der Waals surface area contributed by atoms with Crippen LogP contribution in [-0.4, -0.2) is 18.7 Å². The first-order chi connectivity index (χ1) is 14.4. The molecule has 0 unspecified atom stereocenters. The van der Waals surface area contributed by atoms with Gasteiger partial charge in [-0.2, -0.15) is 4.98 Å². The summed E-state index contributed by atoms with van der Waals surface area (Å²) in [4.78, 5) is 29.7. The Morgan fingerprint density at radius 2 is 1.73 bits per heavy atom. The monoisotopic (exact) mass is 427 g/mol. The third-order valence-corrected chi connectivity index (χ3v) is 5.25. The SMILES string of the molecule is Cn1c(=O)c2c(nc(NCc3ccc(Cl)cc3)n2Cc2ccccc2F)n(C)c1=O. The first-order valence-electron chi connectivity index (χ1n) is 9.25. The lowest BCUT2D eigenvalue weighted by Crippen LogP contribution is -2.37. The van der Waals surface area contributed by atoms with Gasteiger partial charge in [-0.3, -0.25) is 18.5 Å². The lowest BCUT2D eigenvalue weighted by molar-refractivity contribution is 0.601. The fourth-order valence-electron chi connectivity index (χ4n) is 3.32. The lowest BCUT2D eigenvalue weighted by Gasteiger charge is -2.12. The highest BCUT2D eigenvalue weighted by molar-refractivity contribution is 6.30. The third kappa shape index (κ3) is 3.50. The van der Waals surface area contributed by atoms with Gasteiger partial charge >= 0.3 is 5.69 Å². The van der Waals surface area contributed by atoms with Gasteiger partial charge in [-0.05, 0) is 23.8 Å². The zero-order valence-electron chi connectivity index (χ0n) is 16.4. The molecule has 0 aliphatic heterocycles. The molecule has 30 heavy (non-hydrogen) atoms. The van der Waals surface area contributed by atoms with Crippen LogP contribution in [0.3, 0.4) is 0 Å². The number of imidazole rings is 1. The van der Waals surface area contributed by atoms with Crippen molar-refractivity contribution in [3.05, 3.63) is 91.3 Å². The number of nitrogens with zero attached hydrogens (tertiary/aromatic N) is 4. The molecule has 4 aromatic rings. The third-order valence-electron chi connectivity index (χ3n) is 5.00. The standard InChI is InChI=1S/C21H19ClFN5O2/c1-26-18-17(19(29)27(2)21(26)30)28(12-14-5-3-4-6-16(14)23)20(25-18)24-11-13-7-9-15(22)10-8-13/h3-10H,11-12H2,1-2H3,(H,24,25). The Balaban J connectivity index is 1.85. The summed E-state index contributed by atoms with van der Waals surface area (Å²) in [6.07, 6.45) is 0. The smallest absolute Gasteiger partial charge is 0.332 e. The van der Waals surface area contributed by atoms with E-state index in [0.29, 0.717) is 23.1 Å². The molecule has 2 aromatic heterocycles. The van der Waals surface area contributed by atoms with Crippen LogP contribution in [-0.2, 0) is 27.2 Å². The molecule has 2 heterocycles. The van der Waals surface area contributed by atoms with Gasteiger partial charge < -0.3 is 5.32 Å². The Labute approximate surface area is 176 Å². The average Bonchev–Trinajstić information content (AvgIpc) is 3.10. The number of fused-ring (bicyclic) bond motifs is 1. The maximum Gasteiger partial charge on any atom is 0.332 e. The van der Waals surface area contributed by atoms with E-state index in [1.54, 1.807) is 41.9 Å². The predicted molar refractivity (Wildman–Crippen MR) is 114 cm³/mol. The summed E-state index contributed by atoms with van der Waals surface area (Å²) in [7, 11) is 2.96. The molecule has 0 saturated heterocycles. The topological polar surface area (TPSA) is 73.8 Å². The van der Waals surface area contributed by atoms with Gasteiger partial charge in [0.15, 0.2) is 11.2 Å². The summed E-state index contributed by atoms with van der Waals surface area (Å²) < 4.78 is 18.2. The molecule has 4 rings (SSSR count). The van der Waals surface area contributed by atoms with Crippen molar-refractivity contribution in [3.8, 4) is 0 Å². The number of hydrogen-bond acceptors (Lipinski definition) is 4. The highest BCUT2D eigenvalue weighted by Gasteiger charge is 2.20. The molecule has 7 nitrogen and oxygen atoms in total. The predicted octanol–water partition coefficient (Wildman–Crippen LogP) is 2.89. The molecule has 0 aliphatic rings. The van der Waals surface area contributed by atoms with Crippen molar-refractivity contribution in [2.24, 2.45) is 14.1 Å². The number of halogens is 2. The highest BCUT2D eigenvalue weighted by Crippen LogP contribution is 2.20. The minimum Gasteiger partial charge on any atom is -0.351 e. The minimum atomic E-state index is -0.489. The molecule has 2 aromatic carbocycles. The van der Waals surface area contributed by atoms with E-state index in [0.717, 1.165) is 10.1 Å². The van der Waals surface area contributed by atoms with Gasteiger partial charge in [0.25, 0.3) is 5.56 Å². The Morgan fingerprint density at radius 1 is 1.03 bits per heavy atom. The van der Waals surface area contributed by atoms with Crippen LogP contribution in [0, 0.1) is 5.82 Å². The van der Waals surface area contributed by atoms with E-state index in [4.69, 9.17) is 11.6 Å². The number of aromatic nitrogens is 4. The quantitative estimate of drug-likeness (QED) is 0.531. The van der Waals surface area contributed by atoms with Crippen LogP contribution < -0.4 is 16.6 Å². The Hall–Kier alpha value is -3.39. The molecule has 0 saturated carbocycles. The highest BCUT2D eigenvalue weighted by atomic mass is 35.5. The summed E-state index contributed by atoms with van der Waals surface area (Å²) in [6.45, 7) is 0.492. The van der Waals surface area contributed by atoms with Gasteiger partial charge in [0, 0.05) is 31.2 Å². The molecule has 154 valence electrons. The summed E-state index contributed by atoms with van der Waals surface area (Å²) in [5, 5.41) is 3.82.